The summed E-state index contributed by atoms with van der Waals surface area (Å²) in [6, 6.07) is 1.01. The van der Waals surface area contributed by atoms with E-state index in [2.05, 4.69) is 15.5 Å². The number of halogens is 6. The maximum Gasteiger partial charge on any atom is 0.416 e. The minimum Gasteiger partial charge on any atom is -0.376 e. The monoisotopic (exact) mass is 489 g/mol. The first-order chi connectivity index (χ1) is 15.9. The Bertz CT molecular complexity index is 1070. The van der Waals surface area contributed by atoms with E-state index in [0.717, 1.165) is 58.0 Å². The molecule has 1 aliphatic heterocycles. The molecule has 1 saturated carbocycles. The van der Waals surface area contributed by atoms with Gasteiger partial charge in [-0.2, -0.15) is 26.3 Å². The van der Waals surface area contributed by atoms with E-state index in [0.29, 0.717) is 12.1 Å². The molecule has 1 heterocycles. The van der Waals surface area contributed by atoms with Gasteiger partial charge in [0.1, 0.15) is 11.4 Å². The van der Waals surface area contributed by atoms with Gasteiger partial charge in [-0.15, -0.1) is 0 Å². The first-order valence-corrected chi connectivity index (χ1v) is 11.4. The van der Waals surface area contributed by atoms with Crippen molar-refractivity contribution in [2.45, 2.75) is 69.4 Å². The van der Waals surface area contributed by atoms with Crippen LogP contribution < -0.4 is 21.5 Å². The van der Waals surface area contributed by atoms with Crippen LogP contribution in [-0.4, -0.2) is 30.1 Å². The highest BCUT2D eigenvalue weighted by Crippen LogP contribution is 2.38. The number of hydrogen-bond acceptors (Lipinski definition) is 5. The van der Waals surface area contributed by atoms with E-state index < -0.39 is 40.0 Å². The van der Waals surface area contributed by atoms with Gasteiger partial charge in [-0.25, -0.2) is 0 Å². The maximum absolute atomic E-state index is 13.2. The SMILES string of the molecule is O=c1c(Nc2cc(C(F)(F)F)cc(C(F)(F)F)c2)c(NC2CCCC[C@H]2N2CCCCC2)c1=O. The molecule has 2 aromatic carbocycles. The van der Waals surface area contributed by atoms with Crippen molar-refractivity contribution in [1.82, 2.24) is 4.90 Å². The normalized spacial score (nSPS) is 22.6. The van der Waals surface area contributed by atoms with Crippen LogP contribution in [0.5, 0.6) is 0 Å². The first kappa shape index (κ1) is 24.6. The van der Waals surface area contributed by atoms with Crippen molar-refractivity contribution in [2.75, 3.05) is 23.7 Å². The number of piperidine rings is 1. The molecule has 5 nitrogen and oxygen atoms in total. The smallest absolute Gasteiger partial charge is 0.376 e. The highest BCUT2D eigenvalue weighted by molar-refractivity contribution is 5.79. The van der Waals surface area contributed by atoms with E-state index in [1.807, 2.05) is 0 Å². The lowest BCUT2D eigenvalue weighted by molar-refractivity contribution is -0.143. The van der Waals surface area contributed by atoms with Gasteiger partial charge in [0.25, 0.3) is 10.9 Å². The Morgan fingerprint density at radius 1 is 0.735 bits per heavy atom. The highest BCUT2D eigenvalue weighted by atomic mass is 19.4. The molecular formula is C23H25F6N3O2. The van der Waals surface area contributed by atoms with E-state index in [9.17, 15) is 35.9 Å². The Balaban J connectivity index is 1.60. The Kier molecular flexibility index (Phi) is 6.67. The third-order valence-corrected chi connectivity index (χ3v) is 6.69. The largest absolute Gasteiger partial charge is 0.416 e. The number of anilines is 3. The summed E-state index contributed by atoms with van der Waals surface area (Å²) in [7, 11) is 0. The number of rotatable bonds is 5. The van der Waals surface area contributed by atoms with Gasteiger partial charge >= 0.3 is 12.4 Å². The van der Waals surface area contributed by atoms with Gasteiger partial charge in [-0.1, -0.05) is 19.3 Å². The van der Waals surface area contributed by atoms with Gasteiger partial charge in [-0.05, 0) is 57.0 Å². The third-order valence-electron chi connectivity index (χ3n) is 6.69. The summed E-state index contributed by atoms with van der Waals surface area (Å²) in [5.41, 5.74) is -5.75. The topological polar surface area (TPSA) is 61.4 Å². The number of benzene rings is 1. The second kappa shape index (κ2) is 9.24. The molecule has 4 rings (SSSR count). The molecule has 2 atom stereocenters. The zero-order valence-corrected chi connectivity index (χ0v) is 18.3. The Hall–Kier alpha value is -2.56. The van der Waals surface area contributed by atoms with Crippen LogP contribution in [0.1, 0.15) is 56.1 Å². The summed E-state index contributed by atoms with van der Waals surface area (Å²) in [4.78, 5) is 26.9. The van der Waals surface area contributed by atoms with Crippen LogP contribution in [0.15, 0.2) is 27.8 Å². The standard InChI is InChI=1S/C23H25F6N3O2/c24-22(25,26)13-10-14(23(27,28)29)12-15(11-13)30-18-19(21(34)20(18)33)31-16-6-2-3-7-17(16)32-8-4-1-5-9-32/h10-12,16-17,30-31H,1-9H2/t16?,17-/m1/s1. The number of alkyl halides is 6. The van der Waals surface area contributed by atoms with Crippen molar-refractivity contribution in [3.63, 3.8) is 0 Å². The van der Waals surface area contributed by atoms with Crippen LogP contribution in [-0.2, 0) is 12.4 Å². The number of nitrogens with one attached hydrogen (secondary N) is 2. The lowest BCUT2D eigenvalue weighted by atomic mass is 9.87. The fourth-order valence-electron chi connectivity index (χ4n) is 4.97. The fraction of sp³-hybridized carbons (Fsp3) is 0.565. The van der Waals surface area contributed by atoms with Crippen molar-refractivity contribution < 1.29 is 26.3 Å². The Morgan fingerprint density at radius 2 is 1.29 bits per heavy atom. The van der Waals surface area contributed by atoms with Crippen LogP contribution in [0.2, 0.25) is 0 Å². The van der Waals surface area contributed by atoms with E-state index in [-0.39, 0.29) is 29.5 Å². The zero-order chi connectivity index (χ0) is 24.7. The molecule has 34 heavy (non-hydrogen) atoms. The maximum atomic E-state index is 13.2. The second-order valence-electron chi connectivity index (χ2n) is 9.03. The van der Waals surface area contributed by atoms with E-state index in [1.54, 1.807) is 0 Å². The number of likely N-dealkylation sites (tertiary alicyclic amines) is 1. The van der Waals surface area contributed by atoms with E-state index in [1.165, 1.54) is 0 Å². The molecule has 2 N–H and O–H groups in total. The van der Waals surface area contributed by atoms with Crippen LogP contribution in [0, 0.1) is 0 Å². The van der Waals surface area contributed by atoms with Crippen molar-refractivity contribution in [2.24, 2.45) is 0 Å². The molecule has 186 valence electrons. The number of nitrogens with zero attached hydrogens (tertiary/aromatic N) is 1. The van der Waals surface area contributed by atoms with Crippen LogP contribution in [0.4, 0.5) is 43.4 Å². The lowest BCUT2D eigenvalue weighted by Crippen LogP contribution is -2.52. The summed E-state index contributed by atoms with van der Waals surface area (Å²) >= 11 is 0. The molecule has 0 bridgehead atoms. The second-order valence-corrected chi connectivity index (χ2v) is 9.03. The highest BCUT2D eigenvalue weighted by Gasteiger charge is 2.38. The number of hydrogen-bond donors (Lipinski definition) is 2. The molecule has 2 aliphatic rings. The van der Waals surface area contributed by atoms with Crippen molar-refractivity contribution in [1.29, 1.82) is 0 Å². The van der Waals surface area contributed by atoms with Crippen LogP contribution in [0.3, 0.4) is 0 Å². The molecule has 11 heteroatoms. The van der Waals surface area contributed by atoms with E-state index >= 15 is 0 Å². The van der Waals surface area contributed by atoms with Gasteiger partial charge in [0.2, 0.25) is 0 Å². The molecule has 0 amide bonds. The molecular weight excluding hydrogens is 464 g/mol. The zero-order valence-electron chi connectivity index (χ0n) is 18.3. The minimum absolute atomic E-state index is 0.0116. The summed E-state index contributed by atoms with van der Waals surface area (Å²) in [6.07, 6.45) is -3.11. The fourth-order valence-corrected chi connectivity index (χ4v) is 4.97. The Labute approximate surface area is 191 Å². The molecule has 0 radical (unpaired) electrons. The lowest BCUT2D eigenvalue weighted by Gasteiger charge is -2.42. The minimum atomic E-state index is -5.02. The van der Waals surface area contributed by atoms with Gasteiger partial charge in [0, 0.05) is 17.8 Å². The average molecular weight is 489 g/mol. The molecule has 1 aliphatic carbocycles. The molecule has 1 saturated heterocycles. The first-order valence-electron chi connectivity index (χ1n) is 11.4. The predicted octanol–water partition coefficient (Wildman–Crippen LogP) is 5.27. The predicted molar refractivity (Wildman–Crippen MR) is 116 cm³/mol. The Morgan fingerprint density at radius 3 is 1.88 bits per heavy atom. The average Bonchev–Trinajstić information content (AvgIpc) is 2.80. The molecule has 0 aromatic heterocycles. The van der Waals surface area contributed by atoms with Crippen LogP contribution in [0.25, 0.3) is 0 Å². The van der Waals surface area contributed by atoms with Crippen LogP contribution >= 0.6 is 0 Å². The quantitative estimate of drug-likeness (QED) is 0.443. The summed E-state index contributed by atoms with van der Waals surface area (Å²) in [6.45, 7) is 1.87. The van der Waals surface area contributed by atoms with Crippen molar-refractivity contribution >= 4 is 17.1 Å². The summed E-state index contributed by atoms with van der Waals surface area (Å²) in [5.74, 6) is 0. The van der Waals surface area contributed by atoms with Crippen molar-refractivity contribution in [3.8, 4) is 0 Å². The summed E-state index contributed by atoms with van der Waals surface area (Å²) < 4.78 is 79.0. The summed E-state index contributed by atoms with van der Waals surface area (Å²) in [5, 5.41) is 5.45. The molecule has 0 spiro atoms. The van der Waals surface area contributed by atoms with Gasteiger partial charge < -0.3 is 10.6 Å². The molecule has 1 unspecified atom stereocenters. The molecule has 2 aromatic rings. The van der Waals surface area contributed by atoms with Crippen molar-refractivity contribution in [3.05, 3.63) is 49.8 Å². The third kappa shape index (κ3) is 5.08. The van der Waals surface area contributed by atoms with Gasteiger partial charge in [0.05, 0.1) is 11.1 Å². The molecule has 2 fully saturated rings. The van der Waals surface area contributed by atoms with Gasteiger partial charge in [-0.3, -0.25) is 14.5 Å². The van der Waals surface area contributed by atoms with E-state index in [4.69, 9.17) is 0 Å². The van der Waals surface area contributed by atoms with Gasteiger partial charge in [0.15, 0.2) is 0 Å².